The Hall–Kier alpha value is -2.87. The van der Waals surface area contributed by atoms with Crippen molar-refractivity contribution in [1.82, 2.24) is 20.1 Å². The number of nitrogens with zero attached hydrogens (tertiary/aromatic N) is 3. The molecule has 3 heterocycles. The van der Waals surface area contributed by atoms with E-state index in [0.29, 0.717) is 6.42 Å². The first-order chi connectivity index (χ1) is 14.5. The normalized spacial score (nSPS) is 17.4. The molecule has 4 rings (SSSR count). The Morgan fingerprint density at radius 2 is 1.97 bits per heavy atom. The second-order valence-electron chi connectivity index (χ2n) is 7.43. The van der Waals surface area contributed by atoms with Gasteiger partial charge < -0.3 is 4.74 Å². The van der Waals surface area contributed by atoms with E-state index in [-0.39, 0.29) is 18.4 Å². The van der Waals surface area contributed by atoms with Gasteiger partial charge in [0.05, 0.1) is 23.9 Å². The summed E-state index contributed by atoms with van der Waals surface area (Å²) in [6.07, 6.45) is 1.95. The molecule has 30 heavy (non-hydrogen) atoms. The lowest BCUT2D eigenvalue weighted by Gasteiger charge is -2.22. The van der Waals surface area contributed by atoms with Gasteiger partial charge in [0.15, 0.2) is 0 Å². The van der Waals surface area contributed by atoms with Gasteiger partial charge >= 0.3 is 6.18 Å². The van der Waals surface area contributed by atoms with Crippen LogP contribution in [0.25, 0.3) is 0 Å². The van der Waals surface area contributed by atoms with Crippen LogP contribution in [-0.4, -0.2) is 33.2 Å². The lowest BCUT2D eigenvalue weighted by atomic mass is 10.1. The van der Waals surface area contributed by atoms with Gasteiger partial charge in [0.1, 0.15) is 5.75 Å². The maximum Gasteiger partial charge on any atom is 0.416 e. The largest absolute Gasteiger partial charge is 0.493 e. The predicted octanol–water partition coefficient (Wildman–Crippen LogP) is 4.78. The average Bonchev–Trinajstić information content (AvgIpc) is 3.38. The molecule has 0 spiro atoms. The van der Waals surface area contributed by atoms with Gasteiger partial charge in [-0.3, -0.25) is 15.0 Å². The van der Waals surface area contributed by atoms with Gasteiger partial charge in [0.25, 0.3) is 0 Å². The maximum absolute atomic E-state index is 12.8. The SMILES string of the molecule is FC(F)(F)c1cccc(OCCc2cc(C3CCCN3Cc3ccncc3)n[nH]2)c1. The predicted molar refractivity (Wildman–Crippen MR) is 106 cm³/mol. The summed E-state index contributed by atoms with van der Waals surface area (Å²) in [7, 11) is 0. The molecule has 0 amide bonds. The van der Waals surface area contributed by atoms with Gasteiger partial charge in [-0.2, -0.15) is 18.3 Å². The van der Waals surface area contributed by atoms with E-state index in [2.05, 4.69) is 20.1 Å². The number of H-pyrrole nitrogens is 1. The molecule has 1 atom stereocenters. The van der Waals surface area contributed by atoms with Gasteiger partial charge in [-0.15, -0.1) is 0 Å². The van der Waals surface area contributed by atoms with Crippen molar-refractivity contribution in [3.05, 3.63) is 77.4 Å². The van der Waals surface area contributed by atoms with Crippen molar-refractivity contribution < 1.29 is 17.9 Å². The lowest BCUT2D eigenvalue weighted by molar-refractivity contribution is -0.137. The fourth-order valence-corrected chi connectivity index (χ4v) is 3.79. The molecular weight excluding hydrogens is 393 g/mol. The zero-order valence-corrected chi connectivity index (χ0v) is 16.4. The summed E-state index contributed by atoms with van der Waals surface area (Å²) in [5, 5.41) is 7.52. The fourth-order valence-electron chi connectivity index (χ4n) is 3.79. The van der Waals surface area contributed by atoms with Crippen LogP contribution in [0.5, 0.6) is 5.75 Å². The van der Waals surface area contributed by atoms with Crippen LogP contribution >= 0.6 is 0 Å². The molecule has 158 valence electrons. The van der Waals surface area contributed by atoms with Crippen LogP contribution in [0, 0.1) is 0 Å². The Bertz CT molecular complexity index is 958. The molecule has 2 aromatic heterocycles. The molecule has 1 aliphatic heterocycles. The highest BCUT2D eigenvalue weighted by Crippen LogP contribution is 2.33. The van der Waals surface area contributed by atoms with Crippen molar-refractivity contribution in [2.24, 2.45) is 0 Å². The Labute approximate surface area is 172 Å². The van der Waals surface area contributed by atoms with Crippen LogP contribution in [-0.2, 0) is 19.1 Å². The first-order valence-corrected chi connectivity index (χ1v) is 9.96. The molecule has 1 N–H and O–H groups in total. The van der Waals surface area contributed by atoms with Gasteiger partial charge in [-0.05, 0) is 61.3 Å². The Kier molecular flexibility index (Phi) is 6.03. The summed E-state index contributed by atoms with van der Waals surface area (Å²) >= 11 is 0. The van der Waals surface area contributed by atoms with Crippen LogP contribution in [0.15, 0.2) is 54.9 Å². The molecular formula is C22H23F3N4O. The minimum atomic E-state index is -4.37. The van der Waals surface area contributed by atoms with Gasteiger partial charge in [0, 0.05) is 31.1 Å². The Balaban J connectivity index is 1.33. The van der Waals surface area contributed by atoms with E-state index in [1.54, 1.807) is 12.4 Å². The number of pyridine rings is 1. The molecule has 1 fully saturated rings. The van der Waals surface area contributed by atoms with Crippen molar-refractivity contribution in [2.75, 3.05) is 13.2 Å². The lowest BCUT2D eigenvalue weighted by Crippen LogP contribution is -2.23. The highest BCUT2D eigenvalue weighted by molar-refractivity contribution is 5.30. The van der Waals surface area contributed by atoms with Crippen molar-refractivity contribution >= 4 is 0 Å². The first kappa shape index (κ1) is 20.4. The number of alkyl halides is 3. The third-order valence-corrected chi connectivity index (χ3v) is 5.29. The summed E-state index contributed by atoms with van der Waals surface area (Å²) in [6, 6.07) is 11.3. The highest BCUT2D eigenvalue weighted by Gasteiger charge is 2.30. The van der Waals surface area contributed by atoms with Crippen LogP contribution in [0.1, 0.15) is 41.4 Å². The van der Waals surface area contributed by atoms with Gasteiger partial charge in [-0.1, -0.05) is 6.07 Å². The molecule has 1 saturated heterocycles. The number of ether oxygens (including phenoxy) is 1. The van der Waals surface area contributed by atoms with Crippen molar-refractivity contribution in [2.45, 2.75) is 38.0 Å². The summed E-state index contributed by atoms with van der Waals surface area (Å²) < 4.78 is 43.9. The van der Waals surface area contributed by atoms with Crippen molar-refractivity contribution in [1.29, 1.82) is 0 Å². The number of hydrogen-bond donors (Lipinski definition) is 1. The van der Waals surface area contributed by atoms with Gasteiger partial charge in [-0.25, -0.2) is 0 Å². The zero-order valence-electron chi connectivity index (χ0n) is 16.4. The molecule has 5 nitrogen and oxygen atoms in total. The maximum atomic E-state index is 12.8. The smallest absolute Gasteiger partial charge is 0.416 e. The van der Waals surface area contributed by atoms with E-state index in [0.717, 1.165) is 49.5 Å². The summed E-state index contributed by atoms with van der Waals surface area (Å²) in [6.45, 7) is 2.15. The molecule has 3 aromatic rings. The fraction of sp³-hybridized carbons (Fsp3) is 0.364. The standard InChI is InChI=1S/C22H23F3N4O/c23-22(24,25)17-3-1-4-19(13-17)30-12-8-18-14-20(28-27-18)21-5-2-11-29(21)15-16-6-9-26-10-7-16/h1,3-4,6-7,9-10,13-14,21H,2,5,8,11-12,15H2,(H,27,28). The Morgan fingerprint density at radius 3 is 2.77 bits per heavy atom. The number of rotatable bonds is 7. The quantitative estimate of drug-likeness (QED) is 0.602. The monoisotopic (exact) mass is 416 g/mol. The van der Waals surface area contributed by atoms with Crippen LogP contribution in [0.2, 0.25) is 0 Å². The average molecular weight is 416 g/mol. The molecule has 0 saturated carbocycles. The molecule has 8 heteroatoms. The molecule has 1 unspecified atom stereocenters. The van der Waals surface area contributed by atoms with E-state index >= 15 is 0 Å². The molecule has 0 bridgehead atoms. The number of benzene rings is 1. The third-order valence-electron chi connectivity index (χ3n) is 5.29. The summed E-state index contributed by atoms with van der Waals surface area (Å²) in [5.74, 6) is 0.212. The number of halogens is 3. The third kappa shape index (κ3) is 4.99. The minimum Gasteiger partial charge on any atom is -0.493 e. The highest BCUT2D eigenvalue weighted by atomic mass is 19.4. The second kappa shape index (κ2) is 8.87. The molecule has 1 aliphatic rings. The number of aromatic amines is 1. The van der Waals surface area contributed by atoms with Crippen LogP contribution in [0.3, 0.4) is 0 Å². The van der Waals surface area contributed by atoms with E-state index < -0.39 is 11.7 Å². The van der Waals surface area contributed by atoms with E-state index in [4.69, 9.17) is 4.74 Å². The number of likely N-dealkylation sites (tertiary alicyclic amines) is 1. The first-order valence-electron chi connectivity index (χ1n) is 9.96. The van der Waals surface area contributed by atoms with E-state index in [1.807, 2.05) is 18.2 Å². The van der Waals surface area contributed by atoms with E-state index in [1.165, 1.54) is 17.7 Å². The zero-order chi connectivity index (χ0) is 21.0. The Morgan fingerprint density at radius 1 is 1.13 bits per heavy atom. The minimum absolute atomic E-state index is 0.212. The summed E-state index contributed by atoms with van der Waals surface area (Å²) in [4.78, 5) is 6.48. The van der Waals surface area contributed by atoms with Crippen LogP contribution < -0.4 is 4.74 Å². The summed E-state index contributed by atoms with van der Waals surface area (Å²) in [5.41, 5.74) is 2.42. The number of nitrogens with one attached hydrogen (secondary N) is 1. The number of hydrogen-bond acceptors (Lipinski definition) is 4. The van der Waals surface area contributed by atoms with E-state index in [9.17, 15) is 13.2 Å². The van der Waals surface area contributed by atoms with Crippen LogP contribution in [0.4, 0.5) is 13.2 Å². The van der Waals surface area contributed by atoms with Gasteiger partial charge in [0.2, 0.25) is 0 Å². The molecule has 1 aromatic carbocycles. The molecule has 0 radical (unpaired) electrons. The number of aromatic nitrogens is 3. The van der Waals surface area contributed by atoms with Crippen molar-refractivity contribution in [3.63, 3.8) is 0 Å². The topological polar surface area (TPSA) is 54.0 Å². The van der Waals surface area contributed by atoms with Crippen molar-refractivity contribution in [3.8, 4) is 5.75 Å². The second-order valence-corrected chi connectivity index (χ2v) is 7.43. The molecule has 0 aliphatic carbocycles.